The molecule has 6 nitrogen and oxygen atoms in total. The fourth-order valence-corrected chi connectivity index (χ4v) is 2.74. The number of likely N-dealkylation sites (tertiary alicyclic amines) is 1. The van der Waals surface area contributed by atoms with Crippen LogP contribution in [0.15, 0.2) is 12.1 Å². The van der Waals surface area contributed by atoms with Crippen molar-refractivity contribution in [3.63, 3.8) is 0 Å². The van der Waals surface area contributed by atoms with Gasteiger partial charge in [0.1, 0.15) is 17.2 Å². The molecule has 0 radical (unpaired) electrons. The van der Waals surface area contributed by atoms with Crippen LogP contribution in [0, 0.1) is 11.6 Å². The van der Waals surface area contributed by atoms with E-state index in [-0.39, 0.29) is 23.5 Å². The highest BCUT2D eigenvalue weighted by Crippen LogP contribution is 2.30. The number of H-pyrrole nitrogens is 1. The molecule has 21 heavy (non-hydrogen) atoms. The van der Waals surface area contributed by atoms with Crippen LogP contribution in [-0.4, -0.2) is 38.8 Å². The summed E-state index contributed by atoms with van der Waals surface area (Å²) < 4.78 is 26.8. The fraction of sp³-hybridized carbons (Fsp3) is 0.385. The molecule has 1 amide bonds. The number of benzene rings is 1. The van der Waals surface area contributed by atoms with Crippen molar-refractivity contribution in [2.45, 2.75) is 24.9 Å². The second kappa shape index (κ2) is 4.96. The van der Waals surface area contributed by atoms with Crippen LogP contribution >= 0.6 is 0 Å². The van der Waals surface area contributed by atoms with Gasteiger partial charge in [0.2, 0.25) is 0 Å². The van der Waals surface area contributed by atoms with Gasteiger partial charge in [0, 0.05) is 18.5 Å². The molecule has 1 aromatic heterocycles. The molecule has 2 aromatic rings. The minimum atomic E-state index is -1.06. The summed E-state index contributed by atoms with van der Waals surface area (Å²) in [5.74, 6) is -0.993. The number of nitrogens with two attached hydrogens (primary N) is 1. The molecule has 0 aliphatic carbocycles. The Kier molecular flexibility index (Phi) is 3.25. The molecule has 1 fully saturated rings. The second-order valence-corrected chi connectivity index (χ2v) is 5.17. The monoisotopic (exact) mass is 296 g/mol. The van der Waals surface area contributed by atoms with Crippen LogP contribution < -0.4 is 5.73 Å². The maximum absolute atomic E-state index is 13.6. The molecule has 112 valence electrons. The second-order valence-electron chi connectivity index (χ2n) is 5.17. The fourth-order valence-electron chi connectivity index (χ4n) is 2.74. The minimum absolute atomic E-state index is 0.0839. The summed E-state index contributed by atoms with van der Waals surface area (Å²) >= 11 is 0. The number of nitrogens with zero attached hydrogens (tertiary/aromatic N) is 2. The predicted octanol–water partition coefficient (Wildman–Crippen LogP) is 1.98. The van der Waals surface area contributed by atoms with Gasteiger partial charge in [-0.15, -0.1) is 0 Å². The largest absolute Gasteiger partial charge is 0.465 e. The topological polar surface area (TPSA) is 95.2 Å². The number of fused-ring (bicyclic) bond motifs is 1. The lowest BCUT2D eigenvalue weighted by Crippen LogP contribution is -2.50. The number of amides is 1. The molecule has 3 rings (SSSR count). The van der Waals surface area contributed by atoms with Crippen LogP contribution in [0.1, 0.15) is 24.6 Å². The van der Waals surface area contributed by atoms with Crippen LogP contribution in [0.3, 0.4) is 0 Å². The summed E-state index contributed by atoms with van der Waals surface area (Å²) in [5.41, 5.74) is 6.20. The molecule has 1 aliphatic rings. The number of nitrogens with one attached hydrogen (secondary N) is 1. The molecule has 2 atom stereocenters. The van der Waals surface area contributed by atoms with Crippen LogP contribution in [-0.2, 0) is 0 Å². The van der Waals surface area contributed by atoms with Crippen LogP contribution in [0.2, 0.25) is 0 Å². The smallest absolute Gasteiger partial charge is 0.408 e. The minimum Gasteiger partial charge on any atom is -0.465 e. The highest BCUT2D eigenvalue weighted by atomic mass is 19.1. The Morgan fingerprint density at radius 3 is 2.90 bits per heavy atom. The lowest BCUT2D eigenvalue weighted by molar-refractivity contribution is 0.102. The summed E-state index contributed by atoms with van der Waals surface area (Å²) in [6.45, 7) is 0.287. The molecule has 0 saturated carbocycles. The molecule has 1 aliphatic heterocycles. The molecule has 2 heterocycles. The quantitative estimate of drug-likeness (QED) is 0.750. The Hall–Kier alpha value is -2.22. The zero-order valence-electron chi connectivity index (χ0n) is 11.0. The standard InChI is InChI=1S/C13H14F2N4O2/c14-7-4-8(15)11-9(5-7)17-12(18-11)6-1-2-19(13(20)21)10(16)3-6/h4-6,10H,1-3,16H2,(H,17,18)(H,20,21). The summed E-state index contributed by atoms with van der Waals surface area (Å²) in [7, 11) is 0. The lowest BCUT2D eigenvalue weighted by Gasteiger charge is -2.34. The van der Waals surface area contributed by atoms with Gasteiger partial charge in [-0.25, -0.2) is 18.6 Å². The highest BCUT2D eigenvalue weighted by molar-refractivity contribution is 5.76. The first-order chi connectivity index (χ1) is 9.95. The van der Waals surface area contributed by atoms with E-state index in [0.717, 1.165) is 6.07 Å². The number of carboxylic acid groups (broad SMARTS) is 1. The summed E-state index contributed by atoms with van der Waals surface area (Å²) in [6, 6.07) is 1.97. The summed E-state index contributed by atoms with van der Waals surface area (Å²) in [4.78, 5) is 19.2. The predicted molar refractivity (Wildman–Crippen MR) is 70.7 cm³/mol. The Balaban J connectivity index is 1.88. The third kappa shape index (κ3) is 2.42. The number of hydrogen-bond acceptors (Lipinski definition) is 3. The molecule has 2 unspecified atom stereocenters. The normalized spacial score (nSPS) is 22.7. The highest BCUT2D eigenvalue weighted by Gasteiger charge is 2.31. The van der Waals surface area contributed by atoms with Gasteiger partial charge in [0.15, 0.2) is 5.82 Å². The summed E-state index contributed by atoms with van der Waals surface area (Å²) in [5, 5.41) is 8.98. The van der Waals surface area contributed by atoms with E-state index in [4.69, 9.17) is 10.8 Å². The Labute approximate surface area is 118 Å². The molecular weight excluding hydrogens is 282 g/mol. The van der Waals surface area contributed by atoms with E-state index in [1.165, 1.54) is 11.0 Å². The van der Waals surface area contributed by atoms with Crippen molar-refractivity contribution in [1.82, 2.24) is 14.9 Å². The van der Waals surface area contributed by atoms with E-state index in [1.807, 2.05) is 0 Å². The molecule has 4 N–H and O–H groups in total. The number of imidazole rings is 1. The first-order valence-corrected chi connectivity index (χ1v) is 6.55. The van der Waals surface area contributed by atoms with E-state index in [0.29, 0.717) is 18.7 Å². The summed E-state index contributed by atoms with van der Waals surface area (Å²) in [6.07, 6.45) is -0.769. The first-order valence-electron chi connectivity index (χ1n) is 6.55. The van der Waals surface area contributed by atoms with E-state index in [1.54, 1.807) is 0 Å². The number of rotatable bonds is 1. The van der Waals surface area contributed by atoms with Gasteiger partial charge < -0.3 is 15.8 Å². The van der Waals surface area contributed by atoms with Crippen LogP contribution in [0.25, 0.3) is 11.0 Å². The maximum Gasteiger partial charge on any atom is 0.408 e. The van der Waals surface area contributed by atoms with Crippen molar-refractivity contribution < 1.29 is 18.7 Å². The van der Waals surface area contributed by atoms with Crippen molar-refractivity contribution in [1.29, 1.82) is 0 Å². The maximum atomic E-state index is 13.6. The van der Waals surface area contributed by atoms with E-state index < -0.39 is 23.9 Å². The third-order valence-electron chi connectivity index (χ3n) is 3.80. The van der Waals surface area contributed by atoms with Crippen LogP contribution in [0.5, 0.6) is 0 Å². The van der Waals surface area contributed by atoms with Crippen molar-refractivity contribution >= 4 is 17.1 Å². The van der Waals surface area contributed by atoms with E-state index in [9.17, 15) is 13.6 Å². The number of aromatic amines is 1. The number of piperidine rings is 1. The third-order valence-corrected chi connectivity index (χ3v) is 3.80. The van der Waals surface area contributed by atoms with E-state index in [2.05, 4.69) is 9.97 Å². The molecular formula is C13H14F2N4O2. The molecule has 0 bridgehead atoms. The van der Waals surface area contributed by atoms with Gasteiger partial charge in [0.25, 0.3) is 0 Å². The van der Waals surface area contributed by atoms with Crippen molar-refractivity contribution in [2.75, 3.05) is 6.54 Å². The molecule has 0 spiro atoms. The zero-order chi connectivity index (χ0) is 15.1. The Morgan fingerprint density at radius 2 is 2.24 bits per heavy atom. The van der Waals surface area contributed by atoms with Gasteiger partial charge >= 0.3 is 6.09 Å². The molecule has 8 heteroatoms. The van der Waals surface area contributed by atoms with Gasteiger partial charge in [-0.05, 0) is 18.9 Å². The van der Waals surface area contributed by atoms with Gasteiger partial charge in [-0.2, -0.15) is 0 Å². The van der Waals surface area contributed by atoms with Gasteiger partial charge in [0.05, 0.1) is 11.7 Å². The average Bonchev–Trinajstić information content (AvgIpc) is 2.82. The SMILES string of the molecule is NC1CC(c2nc3c(F)cc(F)cc3[nH]2)CCN1C(=O)O. The Bertz CT molecular complexity index is 703. The molecule has 1 saturated heterocycles. The number of hydrogen-bond donors (Lipinski definition) is 3. The first kappa shape index (κ1) is 13.7. The van der Waals surface area contributed by atoms with Crippen molar-refractivity contribution in [3.8, 4) is 0 Å². The number of aromatic nitrogens is 2. The van der Waals surface area contributed by atoms with Gasteiger partial charge in [-0.1, -0.05) is 0 Å². The lowest BCUT2D eigenvalue weighted by atomic mass is 9.94. The Morgan fingerprint density at radius 1 is 1.48 bits per heavy atom. The number of carbonyl (C=O) groups is 1. The van der Waals surface area contributed by atoms with Crippen LogP contribution in [0.4, 0.5) is 13.6 Å². The number of halogens is 2. The van der Waals surface area contributed by atoms with Crippen molar-refractivity contribution in [2.24, 2.45) is 5.73 Å². The average molecular weight is 296 g/mol. The van der Waals surface area contributed by atoms with Crippen molar-refractivity contribution in [3.05, 3.63) is 29.6 Å². The van der Waals surface area contributed by atoms with E-state index >= 15 is 0 Å². The van der Waals surface area contributed by atoms with Gasteiger partial charge in [-0.3, -0.25) is 4.90 Å². The molecule has 1 aromatic carbocycles. The zero-order valence-corrected chi connectivity index (χ0v) is 11.0.